The number of carbonyl (C=O) groups excluding carboxylic acids is 2. The van der Waals surface area contributed by atoms with E-state index in [1.807, 2.05) is 13.8 Å². The van der Waals surface area contributed by atoms with Gasteiger partial charge in [-0.15, -0.1) is 0 Å². The Labute approximate surface area is 134 Å². The van der Waals surface area contributed by atoms with E-state index in [0.29, 0.717) is 17.7 Å². The number of hydrogen-bond acceptors (Lipinski definition) is 4. The second-order valence-electron chi connectivity index (χ2n) is 5.67. The summed E-state index contributed by atoms with van der Waals surface area (Å²) in [5.74, 6) is -1.12. The van der Waals surface area contributed by atoms with Crippen LogP contribution in [-0.2, 0) is 15.1 Å². The molecule has 2 rings (SSSR count). The van der Waals surface area contributed by atoms with E-state index >= 15 is 0 Å². The van der Waals surface area contributed by atoms with Gasteiger partial charge in [-0.2, -0.15) is 0 Å². The molecular formula is C16H20N2O5. The van der Waals surface area contributed by atoms with Crippen LogP contribution in [0.5, 0.6) is 5.75 Å². The SMILES string of the molecule is CC[C@@]1(c2ccc(OC(C)C)cc2)NC(=O)N(CC(=O)O)C1=O. The maximum absolute atomic E-state index is 12.6. The Balaban J connectivity index is 2.32. The summed E-state index contributed by atoms with van der Waals surface area (Å²) in [5, 5.41) is 11.5. The van der Waals surface area contributed by atoms with E-state index in [0.717, 1.165) is 4.90 Å². The lowest BCUT2D eigenvalue weighted by molar-refractivity contribution is -0.143. The van der Waals surface area contributed by atoms with Gasteiger partial charge in [0, 0.05) is 0 Å². The maximum atomic E-state index is 12.6. The normalized spacial score (nSPS) is 20.8. The molecule has 0 unspecified atom stereocenters. The summed E-state index contributed by atoms with van der Waals surface area (Å²) in [6.45, 7) is 4.93. The molecule has 3 amide bonds. The fourth-order valence-electron chi connectivity index (χ4n) is 2.63. The molecule has 2 N–H and O–H groups in total. The van der Waals surface area contributed by atoms with Crippen molar-refractivity contribution in [3.05, 3.63) is 29.8 Å². The largest absolute Gasteiger partial charge is 0.491 e. The van der Waals surface area contributed by atoms with Gasteiger partial charge in [-0.25, -0.2) is 4.79 Å². The Bertz CT molecular complexity index is 626. The fraction of sp³-hybridized carbons (Fsp3) is 0.438. The molecule has 1 heterocycles. The molecule has 7 heteroatoms. The molecule has 23 heavy (non-hydrogen) atoms. The minimum Gasteiger partial charge on any atom is -0.491 e. The highest BCUT2D eigenvalue weighted by molar-refractivity contribution is 6.09. The Morgan fingerprint density at radius 2 is 1.91 bits per heavy atom. The molecule has 1 aliphatic rings. The maximum Gasteiger partial charge on any atom is 0.325 e. The zero-order valence-corrected chi connectivity index (χ0v) is 13.3. The van der Waals surface area contributed by atoms with E-state index < -0.39 is 30.0 Å². The lowest BCUT2D eigenvalue weighted by atomic mass is 9.87. The summed E-state index contributed by atoms with van der Waals surface area (Å²) >= 11 is 0. The molecule has 1 aliphatic heterocycles. The summed E-state index contributed by atoms with van der Waals surface area (Å²) in [4.78, 5) is 36.2. The van der Waals surface area contributed by atoms with Crippen LogP contribution in [-0.4, -0.2) is 40.6 Å². The van der Waals surface area contributed by atoms with Crippen molar-refractivity contribution in [1.82, 2.24) is 10.2 Å². The monoisotopic (exact) mass is 320 g/mol. The lowest BCUT2D eigenvalue weighted by Crippen LogP contribution is -2.43. The fourth-order valence-corrected chi connectivity index (χ4v) is 2.63. The summed E-state index contributed by atoms with van der Waals surface area (Å²) in [6.07, 6.45) is 0.345. The van der Waals surface area contributed by atoms with E-state index in [2.05, 4.69) is 5.32 Å². The van der Waals surface area contributed by atoms with Gasteiger partial charge in [-0.1, -0.05) is 19.1 Å². The highest BCUT2D eigenvalue weighted by atomic mass is 16.5. The van der Waals surface area contributed by atoms with Crippen LogP contribution in [0.4, 0.5) is 4.79 Å². The van der Waals surface area contributed by atoms with Crippen LogP contribution in [0.3, 0.4) is 0 Å². The zero-order valence-electron chi connectivity index (χ0n) is 13.3. The second kappa shape index (κ2) is 6.28. The molecule has 1 aromatic carbocycles. The van der Waals surface area contributed by atoms with Gasteiger partial charge in [0.25, 0.3) is 5.91 Å². The van der Waals surface area contributed by atoms with Gasteiger partial charge in [0.1, 0.15) is 17.8 Å². The first-order chi connectivity index (χ1) is 10.8. The molecular weight excluding hydrogens is 300 g/mol. The predicted molar refractivity (Wildman–Crippen MR) is 82.1 cm³/mol. The van der Waals surface area contributed by atoms with Gasteiger partial charge in [0.05, 0.1) is 6.10 Å². The number of benzene rings is 1. The van der Waals surface area contributed by atoms with E-state index in [1.165, 1.54) is 0 Å². The molecule has 7 nitrogen and oxygen atoms in total. The van der Waals surface area contributed by atoms with E-state index in [4.69, 9.17) is 9.84 Å². The Morgan fingerprint density at radius 3 is 2.39 bits per heavy atom. The highest BCUT2D eigenvalue weighted by Gasteiger charge is 2.51. The number of nitrogens with one attached hydrogen (secondary N) is 1. The number of ether oxygens (including phenoxy) is 1. The molecule has 1 saturated heterocycles. The van der Waals surface area contributed by atoms with Gasteiger partial charge in [-0.05, 0) is 38.0 Å². The first-order valence-corrected chi connectivity index (χ1v) is 7.43. The smallest absolute Gasteiger partial charge is 0.325 e. The van der Waals surface area contributed by atoms with Crippen molar-refractivity contribution in [3.8, 4) is 5.75 Å². The molecule has 0 saturated carbocycles. The molecule has 1 atom stereocenters. The third-order valence-corrected chi connectivity index (χ3v) is 3.72. The summed E-state index contributed by atoms with van der Waals surface area (Å²) in [5.41, 5.74) is -0.634. The third-order valence-electron chi connectivity index (χ3n) is 3.72. The number of aliphatic carboxylic acids is 1. The standard InChI is InChI=1S/C16H20N2O5/c1-4-16(11-5-7-12(8-6-11)23-10(2)3)14(21)18(9-13(19)20)15(22)17-16/h5-8,10H,4,9H2,1-3H3,(H,17,22)(H,19,20)/t16-/m0/s1. The van der Waals surface area contributed by atoms with Crippen molar-refractivity contribution in [1.29, 1.82) is 0 Å². The third kappa shape index (κ3) is 3.13. The van der Waals surface area contributed by atoms with Gasteiger partial charge >= 0.3 is 12.0 Å². The van der Waals surface area contributed by atoms with Crippen molar-refractivity contribution in [3.63, 3.8) is 0 Å². The van der Waals surface area contributed by atoms with Gasteiger partial charge in [0.15, 0.2) is 0 Å². The average molecular weight is 320 g/mol. The quantitative estimate of drug-likeness (QED) is 0.778. The summed E-state index contributed by atoms with van der Waals surface area (Å²) in [7, 11) is 0. The van der Waals surface area contributed by atoms with E-state index in [1.54, 1.807) is 31.2 Å². The Morgan fingerprint density at radius 1 is 1.30 bits per heavy atom. The van der Waals surface area contributed by atoms with Crippen LogP contribution in [0.15, 0.2) is 24.3 Å². The van der Waals surface area contributed by atoms with Crippen molar-refractivity contribution < 1.29 is 24.2 Å². The van der Waals surface area contributed by atoms with Crippen molar-refractivity contribution in [2.24, 2.45) is 0 Å². The number of nitrogens with zero attached hydrogens (tertiary/aromatic N) is 1. The Kier molecular flexibility index (Phi) is 4.58. The number of rotatable bonds is 6. The summed E-state index contributed by atoms with van der Waals surface area (Å²) < 4.78 is 5.56. The number of imide groups is 1. The van der Waals surface area contributed by atoms with Gasteiger partial charge in [-0.3, -0.25) is 14.5 Å². The first kappa shape index (κ1) is 16.8. The molecule has 0 aliphatic carbocycles. The van der Waals surface area contributed by atoms with Crippen molar-refractivity contribution in [2.45, 2.75) is 38.8 Å². The van der Waals surface area contributed by atoms with Crippen LogP contribution in [0, 0.1) is 0 Å². The number of carboxylic acid groups (broad SMARTS) is 1. The predicted octanol–water partition coefficient (Wildman–Crippen LogP) is 1.72. The number of amides is 3. The number of urea groups is 1. The molecule has 0 bridgehead atoms. The number of carboxylic acids is 1. The van der Waals surface area contributed by atoms with Crippen LogP contribution < -0.4 is 10.1 Å². The van der Waals surface area contributed by atoms with E-state index in [9.17, 15) is 14.4 Å². The Hall–Kier alpha value is -2.57. The van der Waals surface area contributed by atoms with Crippen LogP contribution >= 0.6 is 0 Å². The summed E-state index contributed by atoms with van der Waals surface area (Å²) in [6, 6.07) is 6.19. The average Bonchev–Trinajstić information content (AvgIpc) is 2.72. The zero-order chi connectivity index (χ0) is 17.2. The van der Waals surface area contributed by atoms with Crippen LogP contribution in [0.2, 0.25) is 0 Å². The van der Waals surface area contributed by atoms with Crippen LogP contribution in [0.25, 0.3) is 0 Å². The molecule has 124 valence electrons. The molecule has 1 fully saturated rings. The highest BCUT2D eigenvalue weighted by Crippen LogP contribution is 2.33. The molecule has 0 spiro atoms. The molecule has 1 aromatic rings. The van der Waals surface area contributed by atoms with Gasteiger partial charge < -0.3 is 15.2 Å². The minimum atomic E-state index is -1.24. The van der Waals surface area contributed by atoms with Crippen molar-refractivity contribution in [2.75, 3.05) is 6.54 Å². The minimum absolute atomic E-state index is 0.0276. The molecule has 0 aromatic heterocycles. The first-order valence-electron chi connectivity index (χ1n) is 7.43. The number of hydrogen-bond donors (Lipinski definition) is 2. The topological polar surface area (TPSA) is 95.9 Å². The van der Waals surface area contributed by atoms with E-state index in [-0.39, 0.29) is 6.10 Å². The number of carbonyl (C=O) groups is 3. The lowest BCUT2D eigenvalue weighted by Gasteiger charge is -2.26. The van der Waals surface area contributed by atoms with Crippen LogP contribution in [0.1, 0.15) is 32.8 Å². The van der Waals surface area contributed by atoms with Gasteiger partial charge in [0.2, 0.25) is 0 Å². The second-order valence-corrected chi connectivity index (χ2v) is 5.67. The van der Waals surface area contributed by atoms with Crippen molar-refractivity contribution >= 4 is 17.9 Å². The molecule has 0 radical (unpaired) electrons.